The largest absolute Gasteiger partial charge is 0.492 e. The summed E-state index contributed by atoms with van der Waals surface area (Å²) < 4.78 is 5.67. The van der Waals surface area contributed by atoms with Crippen molar-refractivity contribution < 1.29 is 4.74 Å². The third-order valence-corrected chi connectivity index (χ3v) is 4.53. The van der Waals surface area contributed by atoms with Gasteiger partial charge in [0.15, 0.2) is 0 Å². The van der Waals surface area contributed by atoms with Crippen LogP contribution in [0.25, 0.3) is 0 Å². The summed E-state index contributed by atoms with van der Waals surface area (Å²) >= 11 is 0. The zero-order valence-electron chi connectivity index (χ0n) is 14.9. The zero-order chi connectivity index (χ0) is 17.8. The van der Waals surface area contributed by atoms with Crippen molar-refractivity contribution in [3.05, 3.63) is 71.9 Å². The van der Waals surface area contributed by atoms with Crippen LogP contribution in [0.4, 0.5) is 17.5 Å². The standard InChI is InChI=1S/C21H22N4O/c1-2-26-19-10-6-5-9-18(19)23-21-22-13-11-20(24-21)25-14-12-16-7-3-4-8-17(16)15-25/h3-11,13H,2,12,14-15H2,1H3,(H,22,23,24). The molecule has 0 fully saturated rings. The lowest BCUT2D eigenvalue weighted by atomic mass is 10.00. The van der Waals surface area contributed by atoms with E-state index in [2.05, 4.69) is 39.5 Å². The van der Waals surface area contributed by atoms with Gasteiger partial charge in [0.25, 0.3) is 0 Å². The van der Waals surface area contributed by atoms with Gasteiger partial charge in [0.05, 0.1) is 12.3 Å². The molecule has 0 bridgehead atoms. The predicted molar refractivity (Wildman–Crippen MR) is 104 cm³/mol. The van der Waals surface area contributed by atoms with Crippen LogP contribution in [-0.2, 0) is 13.0 Å². The van der Waals surface area contributed by atoms with Crippen LogP contribution in [0.3, 0.4) is 0 Å². The molecule has 0 spiro atoms. The highest BCUT2D eigenvalue weighted by atomic mass is 16.5. The number of hydrogen-bond acceptors (Lipinski definition) is 5. The van der Waals surface area contributed by atoms with Crippen LogP contribution >= 0.6 is 0 Å². The summed E-state index contributed by atoms with van der Waals surface area (Å²) in [5, 5.41) is 3.28. The highest BCUT2D eigenvalue weighted by molar-refractivity contribution is 5.63. The minimum Gasteiger partial charge on any atom is -0.492 e. The van der Waals surface area contributed by atoms with Crippen LogP contribution in [0.1, 0.15) is 18.1 Å². The Morgan fingerprint density at radius 3 is 2.73 bits per heavy atom. The molecule has 0 radical (unpaired) electrons. The first-order valence-corrected chi connectivity index (χ1v) is 8.97. The van der Waals surface area contributed by atoms with Gasteiger partial charge in [-0.1, -0.05) is 36.4 Å². The molecule has 1 aliphatic rings. The molecule has 132 valence electrons. The summed E-state index contributed by atoms with van der Waals surface area (Å²) in [6.45, 7) is 4.43. The van der Waals surface area contributed by atoms with Crippen LogP contribution in [0, 0.1) is 0 Å². The minimum atomic E-state index is 0.577. The number of benzene rings is 2. The Kier molecular flexibility index (Phi) is 4.69. The minimum absolute atomic E-state index is 0.577. The molecule has 0 saturated heterocycles. The molecule has 1 N–H and O–H groups in total. The van der Waals surface area contributed by atoms with Gasteiger partial charge in [-0.15, -0.1) is 0 Å². The van der Waals surface area contributed by atoms with E-state index in [9.17, 15) is 0 Å². The molecule has 1 aliphatic heterocycles. The molecule has 0 aliphatic carbocycles. The SMILES string of the molecule is CCOc1ccccc1Nc1nccc(N2CCc3ccccc3C2)n1. The number of nitrogens with one attached hydrogen (secondary N) is 1. The van der Waals surface area contributed by atoms with Crippen LogP contribution in [0.5, 0.6) is 5.75 Å². The Morgan fingerprint density at radius 1 is 1.04 bits per heavy atom. The van der Waals surface area contributed by atoms with Gasteiger partial charge in [-0.05, 0) is 42.7 Å². The quantitative estimate of drug-likeness (QED) is 0.751. The first-order chi connectivity index (χ1) is 12.8. The van der Waals surface area contributed by atoms with E-state index in [1.165, 1.54) is 11.1 Å². The van der Waals surface area contributed by atoms with Gasteiger partial charge < -0.3 is 15.0 Å². The third kappa shape index (κ3) is 3.47. The molecule has 0 saturated carbocycles. The van der Waals surface area contributed by atoms with Crippen molar-refractivity contribution in [3.63, 3.8) is 0 Å². The van der Waals surface area contributed by atoms with Crippen LogP contribution in [0.2, 0.25) is 0 Å². The summed E-state index contributed by atoms with van der Waals surface area (Å²) in [5.74, 6) is 2.32. The molecule has 1 aromatic heterocycles. The predicted octanol–water partition coefficient (Wildman–Crippen LogP) is 4.18. The molecular formula is C21H22N4O. The van der Waals surface area contributed by atoms with E-state index in [1.54, 1.807) is 6.20 Å². The molecule has 5 heteroatoms. The average molecular weight is 346 g/mol. The van der Waals surface area contributed by atoms with E-state index in [0.717, 1.165) is 36.8 Å². The lowest BCUT2D eigenvalue weighted by molar-refractivity contribution is 0.342. The summed E-state index contributed by atoms with van der Waals surface area (Å²) in [6.07, 6.45) is 2.84. The highest BCUT2D eigenvalue weighted by Crippen LogP contribution is 2.27. The van der Waals surface area contributed by atoms with Gasteiger partial charge >= 0.3 is 0 Å². The van der Waals surface area contributed by atoms with E-state index in [1.807, 2.05) is 37.3 Å². The molecule has 3 aromatic rings. The second-order valence-electron chi connectivity index (χ2n) is 6.23. The van der Waals surface area contributed by atoms with Crippen molar-refractivity contribution in [1.29, 1.82) is 0 Å². The number of rotatable bonds is 5. The fourth-order valence-corrected chi connectivity index (χ4v) is 3.25. The van der Waals surface area contributed by atoms with Crippen molar-refractivity contribution in [3.8, 4) is 5.75 Å². The number of fused-ring (bicyclic) bond motifs is 1. The molecule has 0 amide bonds. The fourth-order valence-electron chi connectivity index (χ4n) is 3.25. The number of anilines is 3. The number of aromatic nitrogens is 2. The second kappa shape index (κ2) is 7.44. The topological polar surface area (TPSA) is 50.3 Å². The summed E-state index contributed by atoms with van der Waals surface area (Å²) in [5.41, 5.74) is 3.67. The Hall–Kier alpha value is -3.08. The maximum absolute atomic E-state index is 5.67. The lowest BCUT2D eigenvalue weighted by Crippen LogP contribution is -2.31. The van der Waals surface area contributed by atoms with Crippen molar-refractivity contribution in [2.75, 3.05) is 23.4 Å². The van der Waals surface area contributed by atoms with Gasteiger partial charge in [0.2, 0.25) is 5.95 Å². The number of nitrogens with zero attached hydrogens (tertiary/aromatic N) is 3. The van der Waals surface area contributed by atoms with Crippen molar-refractivity contribution >= 4 is 17.5 Å². The molecule has 5 nitrogen and oxygen atoms in total. The van der Waals surface area contributed by atoms with Crippen molar-refractivity contribution in [2.24, 2.45) is 0 Å². The summed E-state index contributed by atoms with van der Waals surface area (Å²) in [6, 6.07) is 18.4. The first kappa shape index (κ1) is 16.4. The summed E-state index contributed by atoms with van der Waals surface area (Å²) in [7, 11) is 0. The Morgan fingerprint density at radius 2 is 1.85 bits per heavy atom. The van der Waals surface area contributed by atoms with E-state index in [-0.39, 0.29) is 0 Å². The van der Waals surface area contributed by atoms with E-state index >= 15 is 0 Å². The number of hydrogen-bond donors (Lipinski definition) is 1. The molecule has 26 heavy (non-hydrogen) atoms. The van der Waals surface area contributed by atoms with E-state index in [0.29, 0.717) is 12.6 Å². The highest BCUT2D eigenvalue weighted by Gasteiger charge is 2.17. The van der Waals surface area contributed by atoms with E-state index < -0.39 is 0 Å². The maximum atomic E-state index is 5.67. The Bertz CT molecular complexity index is 896. The van der Waals surface area contributed by atoms with Gasteiger partial charge in [0, 0.05) is 19.3 Å². The third-order valence-electron chi connectivity index (χ3n) is 4.53. The summed E-state index contributed by atoms with van der Waals surface area (Å²) in [4.78, 5) is 11.4. The Balaban J connectivity index is 1.55. The smallest absolute Gasteiger partial charge is 0.229 e. The second-order valence-corrected chi connectivity index (χ2v) is 6.23. The van der Waals surface area contributed by atoms with Gasteiger partial charge in [-0.2, -0.15) is 4.98 Å². The maximum Gasteiger partial charge on any atom is 0.229 e. The molecule has 2 aromatic carbocycles. The van der Waals surface area contributed by atoms with Gasteiger partial charge in [-0.3, -0.25) is 0 Å². The van der Waals surface area contributed by atoms with Crippen LogP contribution in [-0.4, -0.2) is 23.1 Å². The lowest BCUT2D eigenvalue weighted by Gasteiger charge is -2.29. The van der Waals surface area contributed by atoms with Crippen molar-refractivity contribution in [1.82, 2.24) is 9.97 Å². The van der Waals surface area contributed by atoms with E-state index in [4.69, 9.17) is 9.72 Å². The van der Waals surface area contributed by atoms with Crippen molar-refractivity contribution in [2.45, 2.75) is 19.9 Å². The molecular weight excluding hydrogens is 324 g/mol. The van der Waals surface area contributed by atoms with Gasteiger partial charge in [-0.25, -0.2) is 4.98 Å². The monoisotopic (exact) mass is 346 g/mol. The number of ether oxygens (including phenoxy) is 1. The normalized spacial score (nSPS) is 13.2. The fraction of sp³-hybridized carbons (Fsp3) is 0.238. The Labute approximate surface area is 153 Å². The molecule has 4 rings (SSSR count). The molecule has 2 heterocycles. The first-order valence-electron chi connectivity index (χ1n) is 8.97. The van der Waals surface area contributed by atoms with Crippen LogP contribution in [0.15, 0.2) is 60.8 Å². The number of para-hydroxylation sites is 2. The average Bonchev–Trinajstić information content (AvgIpc) is 2.69. The molecule has 0 atom stereocenters. The van der Waals surface area contributed by atoms with Gasteiger partial charge in [0.1, 0.15) is 11.6 Å². The van der Waals surface area contributed by atoms with Crippen LogP contribution < -0.4 is 15.0 Å². The zero-order valence-corrected chi connectivity index (χ0v) is 14.9. The molecule has 0 unspecified atom stereocenters.